The van der Waals surface area contributed by atoms with Gasteiger partial charge in [0.25, 0.3) is 5.91 Å². The van der Waals surface area contributed by atoms with Gasteiger partial charge in [0.1, 0.15) is 11.7 Å². The summed E-state index contributed by atoms with van der Waals surface area (Å²) < 4.78 is 2.15. The van der Waals surface area contributed by atoms with Gasteiger partial charge in [0.15, 0.2) is 0 Å². The lowest BCUT2D eigenvalue weighted by atomic mass is 10.0. The zero-order valence-corrected chi connectivity index (χ0v) is 21.6. The van der Waals surface area contributed by atoms with Crippen molar-refractivity contribution in [2.24, 2.45) is 5.73 Å². The van der Waals surface area contributed by atoms with Crippen LogP contribution in [-0.2, 0) is 19.4 Å². The van der Waals surface area contributed by atoms with E-state index in [9.17, 15) is 4.79 Å². The SMILES string of the molecule is N=C(N)c1ccc(-c2cn(CCc3ccccc3)c(C(Cc3ccccc3)NC(=O)c3ccccc3)n2)cc1. The molecule has 0 aliphatic rings. The van der Waals surface area contributed by atoms with Gasteiger partial charge in [-0.3, -0.25) is 10.2 Å². The predicted octanol–water partition coefficient (Wildman–Crippen LogP) is 5.79. The van der Waals surface area contributed by atoms with Crippen LogP contribution in [0.1, 0.15) is 38.9 Å². The van der Waals surface area contributed by atoms with Gasteiger partial charge in [-0.15, -0.1) is 0 Å². The average Bonchev–Trinajstić information content (AvgIpc) is 3.41. The van der Waals surface area contributed by atoms with Crippen LogP contribution in [0.15, 0.2) is 121 Å². The first-order chi connectivity index (χ1) is 19.1. The molecule has 1 atom stereocenters. The summed E-state index contributed by atoms with van der Waals surface area (Å²) in [5, 5.41) is 11.0. The summed E-state index contributed by atoms with van der Waals surface area (Å²) in [5.41, 5.74) is 11.0. The van der Waals surface area contributed by atoms with Gasteiger partial charge in [0.05, 0.1) is 11.7 Å². The third kappa shape index (κ3) is 6.48. The summed E-state index contributed by atoms with van der Waals surface area (Å²) in [6.07, 6.45) is 3.48. The number of hydrogen-bond donors (Lipinski definition) is 3. The molecule has 6 nitrogen and oxygen atoms in total. The minimum Gasteiger partial charge on any atom is -0.384 e. The minimum atomic E-state index is -0.346. The number of nitrogens with two attached hydrogens (primary N) is 1. The van der Waals surface area contributed by atoms with Crippen LogP contribution in [0.25, 0.3) is 11.3 Å². The van der Waals surface area contributed by atoms with Gasteiger partial charge in [-0.05, 0) is 36.1 Å². The molecular weight excluding hydrogens is 482 g/mol. The number of aromatic nitrogens is 2. The topological polar surface area (TPSA) is 96.8 Å². The zero-order chi connectivity index (χ0) is 27.0. The number of amides is 1. The van der Waals surface area contributed by atoms with Crippen molar-refractivity contribution in [3.8, 4) is 11.3 Å². The number of rotatable bonds is 10. The van der Waals surface area contributed by atoms with Crippen molar-refractivity contribution in [2.75, 3.05) is 0 Å². The van der Waals surface area contributed by atoms with Crippen molar-refractivity contribution >= 4 is 11.7 Å². The molecule has 1 aromatic heterocycles. The largest absolute Gasteiger partial charge is 0.384 e. The van der Waals surface area contributed by atoms with Crippen LogP contribution in [0.5, 0.6) is 0 Å². The Bertz CT molecular complexity index is 1530. The number of nitrogens with zero attached hydrogens (tertiary/aromatic N) is 2. The number of benzene rings is 4. The van der Waals surface area contributed by atoms with Crippen molar-refractivity contribution in [1.82, 2.24) is 14.9 Å². The Kier molecular flexibility index (Phi) is 7.93. The number of amidine groups is 1. The zero-order valence-electron chi connectivity index (χ0n) is 21.6. The first-order valence-electron chi connectivity index (χ1n) is 13.0. The highest BCUT2D eigenvalue weighted by Crippen LogP contribution is 2.26. The average molecular weight is 514 g/mol. The number of imidazole rings is 1. The molecule has 4 N–H and O–H groups in total. The highest BCUT2D eigenvalue weighted by molar-refractivity contribution is 5.95. The second-order valence-corrected chi connectivity index (χ2v) is 9.49. The smallest absolute Gasteiger partial charge is 0.251 e. The molecule has 0 saturated carbocycles. The first kappa shape index (κ1) is 25.7. The fourth-order valence-electron chi connectivity index (χ4n) is 4.63. The van der Waals surface area contributed by atoms with Gasteiger partial charge in [0.2, 0.25) is 0 Å². The van der Waals surface area contributed by atoms with E-state index in [1.54, 1.807) is 0 Å². The lowest BCUT2D eigenvalue weighted by Gasteiger charge is -2.20. The molecule has 0 spiro atoms. The van der Waals surface area contributed by atoms with Crippen LogP contribution < -0.4 is 11.1 Å². The molecule has 0 aliphatic carbocycles. The second kappa shape index (κ2) is 12.0. The van der Waals surface area contributed by atoms with E-state index in [-0.39, 0.29) is 17.8 Å². The maximum atomic E-state index is 13.3. The highest BCUT2D eigenvalue weighted by atomic mass is 16.1. The van der Waals surface area contributed by atoms with Crippen molar-refractivity contribution in [3.05, 3.63) is 150 Å². The van der Waals surface area contributed by atoms with Crippen LogP contribution in [0.3, 0.4) is 0 Å². The maximum absolute atomic E-state index is 13.3. The summed E-state index contributed by atoms with van der Waals surface area (Å²) in [6.45, 7) is 0.713. The van der Waals surface area contributed by atoms with Gasteiger partial charge in [-0.1, -0.05) is 103 Å². The van der Waals surface area contributed by atoms with E-state index in [2.05, 4.69) is 34.1 Å². The number of carbonyl (C=O) groups excluding carboxylic acids is 1. The van der Waals surface area contributed by atoms with Gasteiger partial charge < -0.3 is 15.6 Å². The molecule has 5 aromatic rings. The molecule has 1 amide bonds. The van der Waals surface area contributed by atoms with Crippen LogP contribution in [0.2, 0.25) is 0 Å². The van der Waals surface area contributed by atoms with Crippen molar-refractivity contribution < 1.29 is 4.79 Å². The lowest BCUT2D eigenvalue weighted by Crippen LogP contribution is -2.32. The number of hydrogen-bond acceptors (Lipinski definition) is 3. The Hall–Kier alpha value is -4.97. The van der Waals surface area contributed by atoms with Crippen LogP contribution in [0.4, 0.5) is 0 Å². The van der Waals surface area contributed by atoms with Crippen molar-refractivity contribution in [3.63, 3.8) is 0 Å². The molecule has 0 saturated heterocycles. The maximum Gasteiger partial charge on any atom is 0.251 e. The minimum absolute atomic E-state index is 0.0298. The normalized spacial score (nSPS) is 11.6. The monoisotopic (exact) mass is 513 g/mol. The van der Waals surface area contributed by atoms with Crippen LogP contribution in [-0.4, -0.2) is 21.3 Å². The summed E-state index contributed by atoms with van der Waals surface area (Å²) in [5.74, 6) is 0.688. The number of carbonyl (C=O) groups is 1. The Morgan fingerprint density at radius 2 is 1.38 bits per heavy atom. The molecule has 0 fully saturated rings. The first-order valence-corrected chi connectivity index (χ1v) is 13.0. The summed E-state index contributed by atoms with van der Waals surface area (Å²) in [6, 6.07) is 36.9. The summed E-state index contributed by atoms with van der Waals surface area (Å²) in [4.78, 5) is 18.4. The molecule has 1 heterocycles. The molecule has 0 aliphatic heterocycles. The van der Waals surface area contributed by atoms with Crippen LogP contribution >= 0.6 is 0 Å². The van der Waals surface area contributed by atoms with E-state index >= 15 is 0 Å². The van der Waals surface area contributed by atoms with Crippen LogP contribution in [0, 0.1) is 5.41 Å². The molecule has 0 bridgehead atoms. The quantitative estimate of drug-likeness (QED) is 0.163. The predicted molar refractivity (Wildman–Crippen MR) is 156 cm³/mol. The van der Waals surface area contributed by atoms with E-state index in [0.717, 1.165) is 29.1 Å². The van der Waals surface area contributed by atoms with Gasteiger partial charge in [-0.25, -0.2) is 4.98 Å². The summed E-state index contributed by atoms with van der Waals surface area (Å²) in [7, 11) is 0. The van der Waals surface area contributed by atoms with E-state index in [1.165, 1.54) is 5.56 Å². The highest BCUT2D eigenvalue weighted by Gasteiger charge is 2.23. The number of nitrogens with one attached hydrogen (secondary N) is 2. The number of nitrogen functional groups attached to an aromatic ring is 1. The Balaban J connectivity index is 1.53. The molecule has 5 rings (SSSR count). The lowest BCUT2D eigenvalue weighted by molar-refractivity contribution is 0.0934. The fraction of sp³-hybridized carbons (Fsp3) is 0.121. The Labute approximate surface area is 228 Å². The van der Waals surface area contributed by atoms with Gasteiger partial charge in [0, 0.05) is 29.4 Å². The second-order valence-electron chi connectivity index (χ2n) is 9.49. The van der Waals surface area contributed by atoms with E-state index in [1.807, 2.05) is 97.2 Å². The molecular formula is C33H31N5O. The molecule has 39 heavy (non-hydrogen) atoms. The van der Waals surface area contributed by atoms with E-state index in [4.69, 9.17) is 16.1 Å². The molecule has 194 valence electrons. The fourth-order valence-corrected chi connectivity index (χ4v) is 4.63. The van der Waals surface area contributed by atoms with E-state index in [0.29, 0.717) is 24.1 Å². The van der Waals surface area contributed by atoms with E-state index < -0.39 is 0 Å². The molecule has 1 unspecified atom stereocenters. The standard InChI is InChI=1S/C33H31N5O/c34-31(35)27-18-16-26(17-19-27)30-23-38(21-20-24-10-4-1-5-11-24)32(36-30)29(22-25-12-6-2-7-13-25)37-33(39)28-14-8-3-9-15-28/h1-19,23,29H,20-22H2,(H3,34,35)(H,37,39). The number of aryl methyl sites for hydroxylation is 2. The summed E-state index contributed by atoms with van der Waals surface area (Å²) >= 11 is 0. The van der Waals surface area contributed by atoms with Gasteiger partial charge >= 0.3 is 0 Å². The van der Waals surface area contributed by atoms with Crippen molar-refractivity contribution in [2.45, 2.75) is 25.4 Å². The molecule has 6 heteroatoms. The Morgan fingerprint density at radius 1 is 0.795 bits per heavy atom. The molecule has 4 aromatic carbocycles. The third-order valence-corrected chi connectivity index (χ3v) is 6.72. The molecule has 0 radical (unpaired) electrons. The Morgan fingerprint density at radius 3 is 2.00 bits per heavy atom. The van der Waals surface area contributed by atoms with Gasteiger partial charge in [-0.2, -0.15) is 0 Å². The third-order valence-electron chi connectivity index (χ3n) is 6.72. The van der Waals surface area contributed by atoms with Crippen molar-refractivity contribution in [1.29, 1.82) is 5.41 Å².